The molecule has 0 radical (unpaired) electrons. The summed E-state index contributed by atoms with van der Waals surface area (Å²) in [6, 6.07) is 0.345. The molecule has 0 spiro atoms. The molecule has 0 saturated carbocycles. The maximum atomic E-state index is 12.9. The van der Waals surface area contributed by atoms with Crippen molar-refractivity contribution >= 4 is 27.5 Å². The Kier molecular flexibility index (Phi) is 5.96. The van der Waals surface area contributed by atoms with Gasteiger partial charge in [0.05, 0.1) is 16.8 Å². The second-order valence-electron chi connectivity index (χ2n) is 7.35. The molecule has 2 aliphatic rings. The molecule has 0 aliphatic carbocycles. The summed E-state index contributed by atoms with van der Waals surface area (Å²) >= 11 is 1.41. The number of piperidine rings is 1. The number of carbonyl (C=O) groups is 1. The number of amides is 1. The second-order valence-corrected chi connectivity index (χ2v) is 10.9. The van der Waals surface area contributed by atoms with Gasteiger partial charge in [-0.2, -0.15) is 0 Å². The van der Waals surface area contributed by atoms with Crippen molar-refractivity contribution in [3.05, 3.63) is 5.82 Å². The minimum absolute atomic E-state index is 0.0931. The number of carbonyl (C=O) groups excluding carboxylic acids is 1. The fourth-order valence-electron chi connectivity index (χ4n) is 3.94. The fourth-order valence-corrected chi connectivity index (χ4v) is 6.57. The molecule has 3 heterocycles. The zero-order valence-corrected chi connectivity index (χ0v) is 17.4. The Morgan fingerprint density at radius 1 is 1.31 bits per heavy atom. The SMILES string of the molecule is CCC1CCCCN1C(=O)C(C)Sc1nnc(C2CCS(=O)(=O)C2)n1C. The molecule has 2 fully saturated rings. The van der Waals surface area contributed by atoms with Crippen molar-refractivity contribution < 1.29 is 13.2 Å². The average Bonchev–Trinajstić information content (AvgIpc) is 3.16. The Labute approximate surface area is 159 Å². The van der Waals surface area contributed by atoms with Crippen LogP contribution < -0.4 is 0 Å². The lowest BCUT2D eigenvalue weighted by Gasteiger charge is -2.36. The Morgan fingerprint density at radius 3 is 2.73 bits per heavy atom. The normalized spacial score (nSPS) is 26.8. The number of hydrogen-bond acceptors (Lipinski definition) is 6. The van der Waals surface area contributed by atoms with Crippen LogP contribution >= 0.6 is 11.8 Å². The van der Waals surface area contributed by atoms with E-state index in [2.05, 4.69) is 17.1 Å². The molecule has 2 saturated heterocycles. The van der Waals surface area contributed by atoms with Crippen LogP contribution in [0.2, 0.25) is 0 Å². The molecule has 2 aliphatic heterocycles. The van der Waals surface area contributed by atoms with E-state index in [9.17, 15) is 13.2 Å². The molecular formula is C17H28N4O3S2. The summed E-state index contributed by atoms with van der Waals surface area (Å²) in [5, 5.41) is 8.89. The highest BCUT2D eigenvalue weighted by atomic mass is 32.2. The van der Waals surface area contributed by atoms with Gasteiger partial charge in [0.1, 0.15) is 5.82 Å². The summed E-state index contributed by atoms with van der Waals surface area (Å²) in [5.74, 6) is 1.14. The van der Waals surface area contributed by atoms with Gasteiger partial charge in [0, 0.05) is 25.6 Å². The van der Waals surface area contributed by atoms with Crippen LogP contribution in [0, 0.1) is 0 Å². The monoisotopic (exact) mass is 400 g/mol. The van der Waals surface area contributed by atoms with E-state index in [1.54, 1.807) is 0 Å². The molecule has 0 bridgehead atoms. The van der Waals surface area contributed by atoms with Crippen LogP contribution in [-0.4, -0.2) is 63.3 Å². The minimum Gasteiger partial charge on any atom is -0.339 e. The predicted molar refractivity (Wildman–Crippen MR) is 102 cm³/mol. The standard InChI is InChI=1S/C17H28N4O3S2/c1-4-14-7-5-6-9-21(14)16(22)12(2)25-17-19-18-15(20(17)3)13-8-10-26(23,24)11-13/h12-14H,4-11H2,1-3H3. The van der Waals surface area contributed by atoms with E-state index in [0.717, 1.165) is 25.8 Å². The first-order chi connectivity index (χ1) is 12.3. The second kappa shape index (κ2) is 7.88. The molecule has 3 atom stereocenters. The first-order valence-corrected chi connectivity index (χ1v) is 12.1. The highest BCUT2D eigenvalue weighted by Gasteiger charge is 2.34. The first kappa shape index (κ1) is 19.7. The maximum absolute atomic E-state index is 12.9. The maximum Gasteiger partial charge on any atom is 0.236 e. The van der Waals surface area contributed by atoms with E-state index in [1.807, 2.05) is 23.4 Å². The largest absolute Gasteiger partial charge is 0.339 e. The van der Waals surface area contributed by atoms with Gasteiger partial charge in [-0.3, -0.25) is 4.79 Å². The Hall–Kier alpha value is -1.09. The third-order valence-corrected chi connectivity index (χ3v) is 8.37. The summed E-state index contributed by atoms with van der Waals surface area (Å²) in [5.41, 5.74) is 0. The predicted octanol–water partition coefficient (Wildman–Crippen LogP) is 1.99. The third-order valence-electron chi connectivity index (χ3n) is 5.48. The van der Waals surface area contributed by atoms with Crippen molar-refractivity contribution in [1.82, 2.24) is 19.7 Å². The molecule has 1 aromatic heterocycles. The van der Waals surface area contributed by atoms with Gasteiger partial charge in [-0.25, -0.2) is 8.42 Å². The van der Waals surface area contributed by atoms with Gasteiger partial charge in [0.25, 0.3) is 0 Å². The van der Waals surface area contributed by atoms with E-state index in [4.69, 9.17) is 0 Å². The molecule has 146 valence electrons. The van der Waals surface area contributed by atoms with Crippen LogP contribution in [0.5, 0.6) is 0 Å². The summed E-state index contributed by atoms with van der Waals surface area (Å²) < 4.78 is 25.3. The zero-order chi connectivity index (χ0) is 18.9. The summed E-state index contributed by atoms with van der Waals surface area (Å²) in [4.78, 5) is 14.9. The van der Waals surface area contributed by atoms with Gasteiger partial charge in [0.2, 0.25) is 5.91 Å². The molecule has 9 heteroatoms. The third kappa shape index (κ3) is 4.08. The highest BCUT2D eigenvalue weighted by molar-refractivity contribution is 8.00. The van der Waals surface area contributed by atoms with E-state index >= 15 is 0 Å². The summed E-state index contributed by atoms with van der Waals surface area (Å²) in [6.45, 7) is 4.90. The van der Waals surface area contributed by atoms with Crippen molar-refractivity contribution in [3.8, 4) is 0 Å². The molecule has 1 aromatic rings. The van der Waals surface area contributed by atoms with E-state index in [0.29, 0.717) is 23.4 Å². The molecule has 0 N–H and O–H groups in total. The number of hydrogen-bond donors (Lipinski definition) is 0. The fraction of sp³-hybridized carbons (Fsp3) is 0.824. The average molecular weight is 401 g/mol. The van der Waals surface area contributed by atoms with Crippen LogP contribution in [0.15, 0.2) is 5.16 Å². The quantitative estimate of drug-likeness (QED) is 0.703. The number of aromatic nitrogens is 3. The number of thioether (sulfide) groups is 1. The molecule has 7 nitrogen and oxygen atoms in total. The number of likely N-dealkylation sites (tertiary alicyclic amines) is 1. The lowest BCUT2D eigenvalue weighted by atomic mass is 10.00. The molecule has 3 rings (SSSR count). The topological polar surface area (TPSA) is 85.2 Å². The van der Waals surface area contributed by atoms with Crippen molar-refractivity contribution in [2.45, 2.75) is 68.3 Å². The van der Waals surface area contributed by atoms with E-state index < -0.39 is 9.84 Å². The van der Waals surface area contributed by atoms with Gasteiger partial charge in [-0.15, -0.1) is 10.2 Å². The lowest BCUT2D eigenvalue weighted by molar-refractivity contribution is -0.134. The molecular weight excluding hydrogens is 372 g/mol. The van der Waals surface area contributed by atoms with Crippen molar-refractivity contribution in [3.63, 3.8) is 0 Å². The van der Waals surface area contributed by atoms with Gasteiger partial charge in [-0.1, -0.05) is 18.7 Å². The zero-order valence-electron chi connectivity index (χ0n) is 15.7. The van der Waals surface area contributed by atoms with Crippen molar-refractivity contribution in [2.24, 2.45) is 7.05 Å². The van der Waals surface area contributed by atoms with Gasteiger partial charge in [-0.05, 0) is 39.0 Å². The summed E-state index contributed by atoms with van der Waals surface area (Å²) in [6.07, 6.45) is 4.95. The van der Waals surface area contributed by atoms with Crippen LogP contribution in [0.4, 0.5) is 0 Å². The van der Waals surface area contributed by atoms with Gasteiger partial charge >= 0.3 is 0 Å². The molecule has 3 unspecified atom stereocenters. The van der Waals surface area contributed by atoms with Crippen LogP contribution in [0.1, 0.15) is 57.7 Å². The highest BCUT2D eigenvalue weighted by Crippen LogP contribution is 2.31. The van der Waals surface area contributed by atoms with Crippen molar-refractivity contribution in [1.29, 1.82) is 0 Å². The number of rotatable bonds is 5. The first-order valence-electron chi connectivity index (χ1n) is 9.39. The molecule has 0 aromatic carbocycles. The lowest BCUT2D eigenvalue weighted by Crippen LogP contribution is -2.46. The number of nitrogens with zero attached hydrogens (tertiary/aromatic N) is 4. The Balaban J connectivity index is 1.68. The summed E-state index contributed by atoms with van der Waals surface area (Å²) in [7, 11) is -1.10. The van der Waals surface area contributed by atoms with E-state index in [-0.39, 0.29) is 28.6 Å². The van der Waals surface area contributed by atoms with Gasteiger partial charge in [0.15, 0.2) is 15.0 Å². The smallest absolute Gasteiger partial charge is 0.236 e. The number of sulfone groups is 1. The molecule has 1 amide bonds. The molecule has 26 heavy (non-hydrogen) atoms. The Morgan fingerprint density at radius 2 is 2.08 bits per heavy atom. The van der Waals surface area contributed by atoms with Gasteiger partial charge < -0.3 is 9.47 Å². The minimum atomic E-state index is -2.96. The van der Waals surface area contributed by atoms with Crippen molar-refractivity contribution in [2.75, 3.05) is 18.1 Å². The van der Waals surface area contributed by atoms with Crippen LogP contribution in [0.3, 0.4) is 0 Å². The Bertz CT molecular complexity index is 762. The van der Waals surface area contributed by atoms with Crippen LogP contribution in [-0.2, 0) is 21.7 Å². The van der Waals surface area contributed by atoms with E-state index in [1.165, 1.54) is 18.2 Å². The van der Waals surface area contributed by atoms with Crippen LogP contribution in [0.25, 0.3) is 0 Å².